The normalized spacial score (nSPS) is 13.6. The summed E-state index contributed by atoms with van der Waals surface area (Å²) in [6.07, 6.45) is 1.87. The largest absolute Gasteiger partial charge is 0.490 e. The van der Waals surface area contributed by atoms with Gasteiger partial charge in [-0.1, -0.05) is 57.5 Å². The first-order valence-corrected chi connectivity index (χ1v) is 8.65. The highest BCUT2D eigenvalue weighted by atomic mass is 79.9. The minimum absolute atomic E-state index is 0.250. The molecule has 116 valence electrons. The lowest BCUT2D eigenvalue weighted by Crippen LogP contribution is -2.20. The van der Waals surface area contributed by atoms with Crippen molar-refractivity contribution >= 4 is 37.8 Å². The molecule has 1 rings (SSSR count). The Labute approximate surface area is 143 Å². The Morgan fingerprint density at radius 2 is 1.95 bits per heavy atom. The SMILES string of the molecule is C=CC(=O)OC(C)COc1ccc(C(CC)C(Br)Br)cc1. The minimum atomic E-state index is -0.437. The van der Waals surface area contributed by atoms with Gasteiger partial charge in [-0.15, -0.1) is 0 Å². The van der Waals surface area contributed by atoms with E-state index in [0.29, 0.717) is 12.5 Å². The number of hydrogen-bond acceptors (Lipinski definition) is 3. The number of alkyl halides is 2. The number of carbonyl (C=O) groups is 1. The molecule has 0 aliphatic carbocycles. The number of esters is 1. The summed E-state index contributed by atoms with van der Waals surface area (Å²) in [5.41, 5.74) is 1.25. The fourth-order valence-electron chi connectivity index (χ4n) is 1.86. The number of halogens is 2. The lowest BCUT2D eigenvalue weighted by Gasteiger charge is -2.18. The third kappa shape index (κ3) is 6.22. The first kappa shape index (κ1) is 18.2. The molecule has 0 aliphatic rings. The van der Waals surface area contributed by atoms with Crippen LogP contribution in [0.3, 0.4) is 0 Å². The standard InChI is InChI=1S/C16H20Br2O3/c1-4-14(16(17)18)12-6-8-13(9-7-12)20-10-11(3)21-15(19)5-2/h5-9,11,14,16H,2,4,10H2,1,3H3. The molecule has 1 aromatic rings. The first-order valence-electron chi connectivity index (χ1n) is 6.81. The fraction of sp³-hybridized carbons (Fsp3) is 0.438. The summed E-state index contributed by atoms with van der Waals surface area (Å²) in [6, 6.07) is 7.98. The lowest BCUT2D eigenvalue weighted by atomic mass is 9.99. The van der Waals surface area contributed by atoms with Gasteiger partial charge >= 0.3 is 5.97 Å². The summed E-state index contributed by atoms with van der Waals surface area (Å²) in [5, 5.41) is 0. The van der Waals surface area contributed by atoms with Crippen molar-refractivity contribution in [3.63, 3.8) is 0 Å². The number of ether oxygens (including phenoxy) is 2. The minimum Gasteiger partial charge on any atom is -0.490 e. The van der Waals surface area contributed by atoms with Gasteiger partial charge in [-0.05, 0) is 31.0 Å². The number of benzene rings is 1. The Balaban J connectivity index is 2.55. The van der Waals surface area contributed by atoms with Gasteiger partial charge in [0.15, 0.2) is 0 Å². The Hall–Kier alpha value is -0.810. The van der Waals surface area contributed by atoms with Gasteiger partial charge in [0.05, 0.1) is 3.74 Å². The predicted octanol–water partition coefficient (Wildman–Crippen LogP) is 4.79. The summed E-state index contributed by atoms with van der Waals surface area (Å²) < 4.78 is 10.9. The maximum atomic E-state index is 11.0. The van der Waals surface area contributed by atoms with Crippen molar-refractivity contribution in [2.75, 3.05) is 6.61 Å². The second-order valence-electron chi connectivity index (χ2n) is 4.68. The van der Waals surface area contributed by atoms with E-state index in [1.807, 2.05) is 12.1 Å². The maximum absolute atomic E-state index is 11.0. The molecular formula is C16H20Br2O3. The van der Waals surface area contributed by atoms with Gasteiger partial charge < -0.3 is 9.47 Å². The summed E-state index contributed by atoms with van der Waals surface area (Å²) in [6.45, 7) is 7.61. The van der Waals surface area contributed by atoms with Gasteiger partial charge in [-0.3, -0.25) is 0 Å². The van der Waals surface area contributed by atoms with Crippen molar-refractivity contribution in [3.05, 3.63) is 42.5 Å². The van der Waals surface area contributed by atoms with E-state index in [4.69, 9.17) is 9.47 Å². The highest BCUT2D eigenvalue weighted by Crippen LogP contribution is 2.32. The van der Waals surface area contributed by atoms with Crippen molar-refractivity contribution in [3.8, 4) is 5.75 Å². The molecule has 0 saturated carbocycles. The molecule has 0 saturated heterocycles. The smallest absolute Gasteiger partial charge is 0.330 e. The predicted molar refractivity (Wildman–Crippen MR) is 92.4 cm³/mol. The van der Waals surface area contributed by atoms with Crippen LogP contribution in [0, 0.1) is 0 Å². The van der Waals surface area contributed by atoms with Crippen molar-refractivity contribution < 1.29 is 14.3 Å². The molecule has 0 aliphatic heterocycles. The van der Waals surface area contributed by atoms with Gasteiger partial charge in [0, 0.05) is 12.0 Å². The quantitative estimate of drug-likeness (QED) is 0.345. The Morgan fingerprint density at radius 3 is 2.43 bits per heavy atom. The third-order valence-electron chi connectivity index (χ3n) is 3.02. The zero-order valence-electron chi connectivity index (χ0n) is 12.2. The van der Waals surface area contributed by atoms with Crippen LogP contribution in [0.2, 0.25) is 0 Å². The molecule has 0 heterocycles. The van der Waals surface area contributed by atoms with Crippen molar-refractivity contribution in [2.24, 2.45) is 0 Å². The summed E-state index contributed by atoms with van der Waals surface area (Å²) >= 11 is 7.13. The molecule has 5 heteroatoms. The summed E-state index contributed by atoms with van der Waals surface area (Å²) in [5.74, 6) is 0.732. The van der Waals surface area contributed by atoms with E-state index in [1.54, 1.807) is 6.92 Å². The average molecular weight is 420 g/mol. The zero-order valence-corrected chi connectivity index (χ0v) is 15.4. The van der Waals surface area contributed by atoms with Crippen LogP contribution >= 0.6 is 31.9 Å². The molecule has 0 bridgehead atoms. The van der Waals surface area contributed by atoms with E-state index in [-0.39, 0.29) is 9.84 Å². The molecule has 2 unspecified atom stereocenters. The fourth-order valence-corrected chi connectivity index (χ4v) is 3.22. The molecule has 2 atom stereocenters. The van der Waals surface area contributed by atoms with E-state index in [0.717, 1.165) is 18.2 Å². The van der Waals surface area contributed by atoms with Crippen LogP contribution in [0.25, 0.3) is 0 Å². The second kappa shape index (κ2) is 9.26. The van der Waals surface area contributed by atoms with E-state index >= 15 is 0 Å². The van der Waals surface area contributed by atoms with Crippen molar-refractivity contribution in [1.82, 2.24) is 0 Å². The maximum Gasteiger partial charge on any atom is 0.330 e. The van der Waals surface area contributed by atoms with Crippen LogP contribution in [-0.4, -0.2) is 22.4 Å². The second-order valence-corrected chi connectivity index (χ2v) is 7.88. The Morgan fingerprint density at radius 1 is 1.33 bits per heavy atom. The molecule has 0 fully saturated rings. The number of carbonyl (C=O) groups excluding carboxylic acids is 1. The molecule has 0 radical (unpaired) electrons. The van der Waals surface area contributed by atoms with Crippen LogP contribution in [-0.2, 0) is 9.53 Å². The van der Waals surface area contributed by atoms with Crippen LogP contribution < -0.4 is 4.74 Å². The van der Waals surface area contributed by atoms with Crippen LogP contribution in [0.15, 0.2) is 36.9 Å². The number of rotatable bonds is 8. The van der Waals surface area contributed by atoms with Gasteiger partial charge in [0.25, 0.3) is 0 Å². The molecule has 1 aromatic carbocycles. The first-order chi connectivity index (χ1) is 9.97. The van der Waals surface area contributed by atoms with Crippen LogP contribution in [0.4, 0.5) is 0 Å². The van der Waals surface area contributed by atoms with Gasteiger partial charge in [-0.25, -0.2) is 4.79 Å². The van der Waals surface area contributed by atoms with Crippen molar-refractivity contribution in [2.45, 2.75) is 36.0 Å². The Kier molecular flexibility index (Phi) is 8.04. The van der Waals surface area contributed by atoms with E-state index in [2.05, 4.69) is 57.5 Å². The molecule has 0 aromatic heterocycles. The molecule has 0 spiro atoms. The highest BCUT2D eigenvalue weighted by molar-refractivity contribution is 9.24. The van der Waals surface area contributed by atoms with Gasteiger partial charge in [-0.2, -0.15) is 0 Å². The molecule has 0 amide bonds. The van der Waals surface area contributed by atoms with Gasteiger partial charge in [0.1, 0.15) is 18.5 Å². The van der Waals surface area contributed by atoms with Crippen LogP contribution in [0.1, 0.15) is 31.7 Å². The molecular weight excluding hydrogens is 400 g/mol. The number of hydrogen-bond donors (Lipinski definition) is 0. The molecule has 21 heavy (non-hydrogen) atoms. The molecule has 0 N–H and O–H groups in total. The lowest BCUT2D eigenvalue weighted by molar-refractivity contribution is -0.143. The zero-order chi connectivity index (χ0) is 15.8. The third-order valence-corrected chi connectivity index (χ3v) is 4.30. The average Bonchev–Trinajstić information content (AvgIpc) is 2.46. The van der Waals surface area contributed by atoms with Crippen LogP contribution in [0.5, 0.6) is 5.75 Å². The Bertz CT molecular complexity index is 457. The van der Waals surface area contributed by atoms with E-state index in [9.17, 15) is 4.79 Å². The molecule has 3 nitrogen and oxygen atoms in total. The monoisotopic (exact) mass is 418 g/mol. The van der Waals surface area contributed by atoms with E-state index in [1.165, 1.54) is 5.56 Å². The van der Waals surface area contributed by atoms with E-state index < -0.39 is 5.97 Å². The topological polar surface area (TPSA) is 35.5 Å². The summed E-state index contributed by atoms with van der Waals surface area (Å²) in [7, 11) is 0. The van der Waals surface area contributed by atoms with Crippen molar-refractivity contribution in [1.29, 1.82) is 0 Å². The van der Waals surface area contributed by atoms with Gasteiger partial charge in [0.2, 0.25) is 0 Å². The highest BCUT2D eigenvalue weighted by Gasteiger charge is 2.16. The summed E-state index contributed by atoms with van der Waals surface area (Å²) in [4.78, 5) is 11.0.